The number of aliphatic carboxylic acids is 1. The molecule has 0 aliphatic carbocycles. The smallest absolute Gasteiger partial charge is 0.335 e. The minimum absolute atomic E-state index is 0.0429. The first-order chi connectivity index (χ1) is 23.5. The number of aromatic hydroxyl groups is 2. The van der Waals surface area contributed by atoms with Gasteiger partial charge in [-0.3, -0.25) is 5.41 Å². The van der Waals surface area contributed by atoms with Crippen molar-refractivity contribution in [2.75, 3.05) is 6.61 Å². The number of benzene rings is 3. The monoisotopic (exact) mass is 677 g/mol. The van der Waals surface area contributed by atoms with Crippen LogP contribution in [0.2, 0.25) is 0 Å². The highest BCUT2D eigenvalue weighted by Gasteiger charge is 2.48. The number of allylic oxidation sites excluding steroid dienone is 1. The highest BCUT2D eigenvalue weighted by molar-refractivity contribution is 6.13. The summed E-state index contributed by atoms with van der Waals surface area (Å²) < 4.78 is 28.8. The molecule has 15 heteroatoms. The van der Waals surface area contributed by atoms with Crippen molar-refractivity contribution in [3.8, 4) is 34.5 Å². The molecule has 6 atom stereocenters. The summed E-state index contributed by atoms with van der Waals surface area (Å²) in [7, 11) is 0. The average Bonchev–Trinajstić information content (AvgIpc) is 3.49. The Morgan fingerprint density at radius 3 is 2.41 bits per heavy atom. The predicted molar refractivity (Wildman–Crippen MR) is 170 cm³/mol. The molecule has 256 valence electrons. The zero-order chi connectivity index (χ0) is 34.8. The molecule has 3 aromatic rings. The topological polar surface area (TPSA) is 243 Å². The van der Waals surface area contributed by atoms with Gasteiger partial charge in [0.2, 0.25) is 12.0 Å². The van der Waals surface area contributed by atoms with Crippen molar-refractivity contribution < 1.29 is 69.6 Å². The van der Waals surface area contributed by atoms with E-state index < -0.39 is 48.5 Å². The number of aliphatic imine (C=N–C) groups is 1. The first-order valence-electron chi connectivity index (χ1n) is 15.1. The van der Waals surface area contributed by atoms with Crippen LogP contribution in [-0.2, 0) is 16.1 Å². The summed E-state index contributed by atoms with van der Waals surface area (Å²) in [5, 5.41) is 78.4. The van der Waals surface area contributed by atoms with Crippen molar-refractivity contribution >= 4 is 23.3 Å². The van der Waals surface area contributed by atoms with Crippen molar-refractivity contribution in [1.82, 2.24) is 0 Å². The zero-order valence-corrected chi connectivity index (χ0v) is 25.6. The molecular formula is C34H33N2O13+. The molecule has 9 N–H and O–H groups in total. The van der Waals surface area contributed by atoms with E-state index in [-0.39, 0.29) is 40.9 Å². The van der Waals surface area contributed by atoms with Gasteiger partial charge < -0.3 is 59.4 Å². The lowest BCUT2D eigenvalue weighted by molar-refractivity contribution is -0.271. The van der Waals surface area contributed by atoms with Gasteiger partial charge in [0.1, 0.15) is 59.6 Å². The maximum atomic E-state index is 11.7. The Morgan fingerprint density at radius 1 is 0.939 bits per heavy atom. The van der Waals surface area contributed by atoms with Crippen molar-refractivity contribution in [1.29, 1.82) is 0 Å². The van der Waals surface area contributed by atoms with E-state index in [1.165, 1.54) is 24.3 Å². The van der Waals surface area contributed by atoms with Gasteiger partial charge in [-0.2, -0.15) is 0 Å². The molecule has 0 radical (unpaired) electrons. The van der Waals surface area contributed by atoms with Crippen LogP contribution in [0.15, 0.2) is 77.8 Å². The molecule has 6 unspecified atom stereocenters. The summed E-state index contributed by atoms with van der Waals surface area (Å²) in [4.78, 5) is 15.9. The predicted octanol–water partition coefficient (Wildman–Crippen LogP) is 0.918. The Bertz CT molecular complexity index is 1840. The molecule has 1 fully saturated rings. The van der Waals surface area contributed by atoms with Gasteiger partial charge >= 0.3 is 11.8 Å². The Kier molecular flexibility index (Phi) is 9.42. The fraction of sp³-hybridized carbons (Fsp3) is 0.265. The lowest BCUT2D eigenvalue weighted by Crippen LogP contribution is -2.61. The van der Waals surface area contributed by atoms with Gasteiger partial charge in [0.15, 0.2) is 23.3 Å². The molecule has 3 aliphatic heterocycles. The summed E-state index contributed by atoms with van der Waals surface area (Å²) in [6.45, 7) is 0.147. The quantitative estimate of drug-likeness (QED) is 0.141. The van der Waals surface area contributed by atoms with Crippen molar-refractivity contribution in [3.05, 3.63) is 89.5 Å². The number of carbonyl (C=O) groups is 1. The Hall–Kier alpha value is -5.61. The first kappa shape index (κ1) is 33.3. The standard InChI is InChI=1S/C34H32N2O13/c35-25-9-6-18(36-25)10-11-45-20-7-4-17(5-8-20)22-13-21(38)26-23(47-22)14-24(31(27(26)39)46-15-16-2-1-3-19(37)12-16)48-34-30(42)28(40)29(41)32(49-34)33(43)44/h1-9,12-14,22,28-30,32,34-35,37-42H,10-11,15H2,(H,43,44)/p+1. The van der Waals surface area contributed by atoms with Crippen molar-refractivity contribution in [2.45, 2.75) is 49.8 Å². The average molecular weight is 678 g/mol. The first-order valence-corrected chi connectivity index (χ1v) is 15.1. The van der Waals surface area contributed by atoms with Crippen molar-refractivity contribution in [3.63, 3.8) is 0 Å². The number of nitrogens with two attached hydrogens (primary N) is 1. The summed E-state index contributed by atoms with van der Waals surface area (Å²) >= 11 is 0. The van der Waals surface area contributed by atoms with E-state index in [1.807, 2.05) is 6.08 Å². The van der Waals surface area contributed by atoms with E-state index in [2.05, 4.69) is 4.99 Å². The number of hydrogen-bond acceptors (Lipinski definition) is 12. The number of phenolic OH excluding ortho intramolecular Hbond substituents is 2. The maximum Gasteiger partial charge on any atom is 0.335 e. The summed E-state index contributed by atoms with van der Waals surface area (Å²) in [6, 6.07) is 14.2. The molecule has 3 aromatic carbocycles. The molecule has 6 rings (SSSR count). The fourth-order valence-corrected chi connectivity index (χ4v) is 5.40. The number of nitrogens with zero attached hydrogens (tertiary/aromatic N) is 1. The van der Waals surface area contributed by atoms with E-state index in [1.54, 1.807) is 42.5 Å². The van der Waals surface area contributed by atoms with E-state index in [0.717, 1.165) is 5.71 Å². The van der Waals surface area contributed by atoms with Crippen LogP contribution >= 0.6 is 0 Å². The largest absolute Gasteiger partial charge is 0.508 e. The molecule has 1 saturated heterocycles. The van der Waals surface area contributed by atoms with Crippen molar-refractivity contribution in [2.24, 2.45) is 4.99 Å². The number of ether oxygens (including phenoxy) is 5. The molecule has 0 aromatic heterocycles. The molecular weight excluding hydrogens is 644 g/mol. The second kappa shape index (κ2) is 13.9. The van der Waals surface area contributed by atoms with Crippen LogP contribution in [-0.4, -0.2) is 90.6 Å². The number of aliphatic hydroxyl groups is 4. The third kappa shape index (κ3) is 7.14. The number of aliphatic hydroxyl groups excluding tert-OH is 4. The fourth-order valence-electron chi connectivity index (χ4n) is 5.40. The molecule has 3 aliphatic rings. The number of carboxylic acid groups (broad SMARTS) is 1. The lowest BCUT2D eigenvalue weighted by atomic mass is 9.99. The van der Waals surface area contributed by atoms with Crippen LogP contribution in [0.1, 0.15) is 29.2 Å². The minimum atomic E-state index is -1.97. The number of rotatable bonds is 11. The van der Waals surface area contributed by atoms with Crippen LogP contribution in [0.25, 0.3) is 5.76 Å². The van der Waals surface area contributed by atoms with Crippen LogP contribution in [0.5, 0.6) is 34.5 Å². The lowest BCUT2D eigenvalue weighted by Gasteiger charge is -2.38. The molecule has 0 spiro atoms. The summed E-state index contributed by atoms with van der Waals surface area (Å²) in [5.74, 6) is -2.42. The SMILES string of the molecule is [NH2+]=C1C=CC(CCOc2ccc(C3C=C(O)c4c(cc(OC5OC(C(=O)O)C(O)C(O)C5O)c(OCc5cccc(O)c5)c4O)O3)cc2)=N1. The van der Waals surface area contributed by atoms with Gasteiger partial charge in [-0.25, -0.2) is 4.79 Å². The van der Waals surface area contributed by atoms with Gasteiger partial charge in [-0.05, 0) is 46.5 Å². The minimum Gasteiger partial charge on any atom is -0.508 e. The zero-order valence-electron chi connectivity index (χ0n) is 25.6. The van der Waals surface area contributed by atoms with E-state index in [4.69, 9.17) is 29.1 Å². The van der Waals surface area contributed by atoms with E-state index in [9.17, 15) is 40.5 Å². The third-order valence-corrected chi connectivity index (χ3v) is 7.91. The van der Waals surface area contributed by atoms with Gasteiger partial charge in [-0.1, -0.05) is 24.3 Å². The van der Waals surface area contributed by atoms with Gasteiger partial charge in [0, 0.05) is 24.6 Å². The number of carboxylic acids is 1. The number of fused-ring (bicyclic) bond motifs is 1. The van der Waals surface area contributed by atoms with Crippen LogP contribution in [0.4, 0.5) is 0 Å². The van der Waals surface area contributed by atoms with Gasteiger partial charge in [0.25, 0.3) is 0 Å². The molecule has 3 heterocycles. The number of hydrogen-bond donors (Lipinski definition) is 8. The maximum absolute atomic E-state index is 11.7. The Balaban J connectivity index is 1.26. The number of phenols is 2. The van der Waals surface area contributed by atoms with Crippen LogP contribution in [0, 0.1) is 0 Å². The molecule has 0 amide bonds. The Labute approximate surface area is 278 Å². The highest BCUT2D eigenvalue weighted by Crippen LogP contribution is 2.51. The van der Waals surface area contributed by atoms with Crippen LogP contribution < -0.4 is 24.4 Å². The normalized spacial score (nSPS) is 24.3. The molecule has 49 heavy (non-hydrogen) atoms. The van der Waals surface area contributed by atoms with E-state index in [0.29, 0.717) is 35.7 Å². The molecule has 15 nitrogen and oxygen atoms in total. The molecule has 0 bridgehead atoms. The van der Waals surface area contributed by atoms with E-state index >= 15 is 0 Å². The second-order valence-electron chi connectivity index (χ2n) is 11.4. The van der Waals surface area contributed by atoms with Crippen LogP contribution in [0.3, 0.4) is 0 Å². The summed E-state index contributed by atoms with van der Waals surface area (Å²) in [5.41, 5.74) is 1.75. The number of amidine groups is 1. The van der Waals surface area contributed by atoms with Gasteiger partial charge in [-0.15, -0.1) is 0 Å². The Morgan fingerprint density at radius 2 is 1.71 bits per heavy atom. The third-order valence-electron chi connectivity index (χ3n) is 7.91. The molecule has 0 saturated carbocycles. The second-order valence-corrected chi connectivity index (χ2v) is 11.4. The summed E-state index contributed by atoms with van der Waals surface area (Å²) in [6.07, 6.45) is -5.07. The highest BCUT2D eigenvalue weighted by atomic mass is 16.7. The van der Waals surface area contributed by atoms with Gasteiger partial charge in [0.05, 0.1) is 6.61 Å².